The molecule has 3 aromatic carbocycles. The molecule has 7 rings (SSSR count). The molecule has 12 nitrogen and oxygen atoms in total. The molecule has 0 radical (unpaired) electrons. The Labute approximate surface area is 376 Å². The van der Waals surface area contributed by atoms with Gasteiger partial charge < -0.3 is 48.4 Å². The number of carbonyl (C=O) groups is 1. The molecule has 0 spiro atoms. The maximum absolute atomic E-state index is 14.2. The van der Waals surface area contributed by atoms with Crippen molar-refractivity contribution in [3.63, 3.8) is 0 Å². The number of hydrogen-bond acceptors (Lipinski definition) is 12. The molecular weight excluding hydrogens is 821 g/mol. The first kappa shape index (κ1) is 46.6. The Balaban J connectivity index is 1.31. The molecule has 340 valence electrons. The number of fused-ring (bicyclic) bond motifs is 2. The molecule has 1 amide bonds. The van der Waals surface area contributed by atoms with Crippen LogP contribution in [0.25, 0.3) is 0 Å². The number of benzene rings is 3. The van der Waals surface area contributed by atoms with Crippen LogP contribution in [-0.4, -0.2) is 98.0 Å². The zero-order valence-corrected chi connectivity index (χ0v) is 37.6. The topological polar surface area (TPSA) is 138 Å². The van der Waals surface area contributed by atoms with Crippen LogP contribution in [0.3, 0.4) is 0 Å². The molecule has 7 atom stereocenters. The summed E-state index contributed by atoms with van der Waals surface area (Å²) in [7, 11) is 1.72. The van der Waals surface area contributed by atoms with Crippen LogP contribution in [0.2, 0.25) is 0 Å². The minimum atomic E-state index is -1.41. The Hall–Kier alpha value is -4.37. The van der Waals surface area contributed by atoms with Crippen LogP contribution >= 0.6 is 11.8 Å². The van der Waals surface area contributed by atoms with E-state index in [0.717, 1.165) is 72.3 Å². The number of thioether (sulfide) groups is 1. The quantitative estimate of drug-likeness (QED) is 0.0432. The fraction of sp³-hybridized carbons (Fsp3) is 0.520. The van der Waals surface area contributed by atoms with Crippen LogP contribution in [-0.2, 0) is 30.4 Å². The Morgan fingerprint density at radius 3 is 2.49 bits per heavy atom. The van der Waals surface area contributed by atoms with Crippen molar-refractivity contribution in [2.45, 2.75) is 99.7 Å². The predicted octanol–water partition coefficient (Wildman–Crippen LogP) is 9.65. The lowest BCUT2D eigenvalue weighted by atomic mass is 9.55. The van der Waals surface area contributed by atoms with Crippen LogP contribution in [0, 0.1) is 17.8 Å². The van der Waals surface area contributed by atoms with Gasteiger partial charge in [-0.15, -0.1) is 18.3 Å². The van der Waals surface area contributed by atoms with Gasteiger partial charge in [-0.05, 0) is 110 Å². The normalized spacial score (nSPS) is 25.5. The number of allylic oxidation sites excluding steroid dienone is 1. The standard InChI is InChI=1S/C50H64N2O10S/c1-4-27-59-50-45(52(2)49(55)58-30-29-56-34-35-14-6-5-7-15-35)33-43(51-62-46-18-10-13-28-57-46)41-31-36(16-8-11-25-53)40(17-9-12-26-54)47(48(41)50)42-32-38(21-24-44(42)61-50)60-37-19-22-39(63-3)23-20-37/h4-7,14-15,19-24,31-32,36,40,45-48,53-54H,1,8-13,16-18,25-30,33-34H2,2-3H3/t36-,40+,45-,46?,47+,48+,50+/m0/s1. The summed E-state index contributed by atoms with van der Waals surface area (Å²) in [6.45, 7) is 5.67. The average molecular weight is 885 g/mol. The lowest BCUT2D eigenvalue weighted by molar-refractivity contribution is -0.254. The van der Waals surface area contributed by atoms with E-state index < -0.39 is 30.1 Å². The van der Waals surface area contributed by atoms with Crippen molar-refractivity contribution in [2.75, 3.05) is 52.9 Å². The summed E-state index contributed by atoms with van der Waals surface area (Å²) in [6, 6.07) is 23.1. The molecule has 0 bridgehead atoms. The Kier molecular flexibility index (Phi) is 17.0. The molecule has 2 aliphatic heterocycles. The Morgan fingerprint density at radius 1 is 0.984 bits per heavy atom. The first-order valence-corrected chi connectivity index (χ1v) is 23.8. The second-order valence-electron chi connectivity index (χ2n) is 16.7. The third kappa shape index (κ3) is 11.3. The number of hydrogen-bond donors (Lipinski definition) is 2. The monoisotopic (exact) mass is 884 g/mol. The van der Waals surface area contributed by atoms with Gasteiger partial charge >= 0.3 is 6.09 Å². The summed E-state index contributed by atoms with van der Waals surface area (Å²) in [6.07, 6.45) is 12.6. The zero-order chi connectivity index (χ0) is 44.0. The summed E-state index contributed by atoms with van der Waals surface area (Å²) in [5, 5.41) is 24.8. The number of carbonyl (C=O) groups excluding carboxylic acids is 1. The van der Waals surface area contributed by atoms with Crippen LogP contribution in [0.4, 0.5) is 4.79 Å². The number of nitrogens with zero attached hydrogens (tertiary/aromatic N) is 2. The van der Waals surface area contributed by atoms with Crippen molar-refractivity contribution in [1.29, 1.82) is 0 Å². The number of unbranched alkanes of at least 4 members (excludes halogenated alkanes) is 2. The van der Waals surface area contributed by atoms with Crippen molar-refractivity contribution in [3.8, 4) is 17.2 Å². The van der Waals surface area contributed by atoms with E-state index in [4.69, 9.17) is 38.4 Å². The highest BCUT2D eigenvalue weighted by molar-refractivity contribution is 7.98. The number of ether oxygens (including phenoxy) is 6. The van der Waals surface area contributed by atoms with Gasteiger partial charge in [0.15, 0.2) is 0 Å². The molecule has 2 heterocycles. The fourth-order valence-electron chi connectivity index (χ4n) is 9.67. The lowest BCUT2D eigenvalue weighted by Crippen LogP contribution is -2.69. The van der Waals surface area contributed by atoms with E-state index in [1.165, 1.54) is 0 Å². The number of amides is 1. The van der Waals surface area contributed by atoms with Gasteiger partial charge in [0, 0.05) is 49.5 Å². The van der Waals surface area contributed by atoms with E-state index in [-0.39, 0.29) is 57.2 Å². The minimum Gasteiger partial charge on any atom is -0.459 e. The molecule has 3 aromatic rings. The van der Waals surface area contributed by atoms with E-state index in [9.17, 15) is 15.0 Å². The van der Waals surface area contributed by atoms with Gasteiger partial charge in [-0.2, -0.15) is 0 Å². The van der Waals surface area contributed by atoms with Gasteiger partial charge in [-0.25, -0.2) is 4.79 Å². The second-order valence-corrected chi connectivity index (χ2v) is 17.6. The van der Waals surface area contributed by atoms with Gasteiger partial charge in [0.05, 0.1) is 38.1 Å². The van der Waals surface area contributed by atoms with Crippen LogP contribution in [0.15, 0.2) is 107 Å². The molecule has 4 aliphatic rings. The SMILES string of the molecule is C=CCO[C@@]12Oc3ccc(Oc4ccc(SC)cc4)cc3[C@H]3[C@H](CCCCO)[C@@H](CCCCO)C=C(C(=NOC4CCCCO4)C[C@@H]1N(C)C(=O)OCCOCc1ccccc1)[C@H]32. The van der Waals surface area contributed by atoms with Crippen molar-refractivity contribution < 1.29 is 48.3 Å². The van der Waals surface area contributed by atoms with E-state index in [2.05, 4.69) is 18.7 Å². The highest BCUT2D eigenvalue weighted by atomic mass is 32.2. The molecule has 1 saturated carbocycles. The molecule has 0 aromatic heterocycles. The van der Waals surface area contributed by atoms with Crippen molar-refractivity contribution in [1.82, 2.24) is 4.90 Å². The number of oxime groups is 1. The number of likely N-dealkylation sites (N-methyl/N-ethyl adjacent to an activating group) is 1. The number of aliphatic hydroxyl groups is 2. The molecule has 2 N–H and O–H groups in total. The van der Waals surface area contributed by atoms with Gasteiger partial charge in [-0.1, -0.05) is 60.5 Å². The summed E-state index contributed by atoms with van der Waals surface area (Å²) >= 11 is 1.67. The molecule has 13 heteroatoms. The lowest BCUT2D eigenvalue weighted by Gasteiger charge is -2.59. The van der Waals surface area contributed by atoms with E-state index in [0.29, 0.717) is 43.3 Å². The zero-order valence-electron chi connectivity index (χ0n) is 36.7. The molecule has 2 aliphatic carbocycles. The molecule has 2 fully saturated rings. The smallest absolute Gasteiger partial charge is 0.410 e. The second kappa shape index (κ2) is 23.0. The Bertz CT molecular complexity index is 1990. The van der Waals surface area contributed by atoms with Crippen LogP contribution in [0.1, 0.15) is 81.3 Å². The molecular formula is C50H64N2O10S. The first-order valence-electron chi connectivity index (χ1n) is 22.6. The van der Waals surface area contributed by atoms with Crippen molar-refractivity contribution >= 4 is 23.6 Å². The van der Waals surface area contributed by atoms with Gasteiger partial charge in [-0.3, -0.25) is 0 Å². The maximum Gasteiger partial charge on any atom is 0.410 e. The van der Waals surface area contributed by atoms with E-state index >= 15 is 0 Å². The first-order chi connectivity index (χ1) is 30.9. The average Bonchev–Trinajstić information content (AvgIpc) is 3.32. The molecule has 1 unspecified atom stereocenters. The highest BCUT2D eigenvalue weighted by Gasteiger charge is 2.65. The predicted molar refractivity (Wildman–Crippen MR) is 243 cm³/mol. The third-order valence-corrected chi connectivity index (χ3v) is 13.4. The summed E-state index contributed by atoms with van der Waals surface area (Å²) in [4.78, 5) is 23.2. The van der Waals surface area contributed by atoms with Crippen molar-refractivity contribution in [2.24, 2.45) is 22.9 Å². The largest absolute Gasteiger partial charge is 0.459 e. The maximum atomic E-state index is 14.2. The molecule has 1 saturated heterocycles. The van der Waals surface area contributed by atoms with Gasteiger partial charge in [0.1, 0.15) is 29.9 Å². The number of rotatable bonds is 22. The van der Waals surface area contributed by atoms with Crippen LogP contribution in [0.5, 0.6) is 17.2 Å². The number of aliphatic hydroxyl groups excluding tert-OH is 2. The van der Waals surface area contributed by atoms with Crippen LogP contribution < -0.4 is 9.47 Å². The summed E-state index contributed by atoms with van der Waals surface area (Å²) in [5.41, 5.74) is 3.65. The van der Waals surface area contributed by atoms with Gasteiger partial charge in [0.2, 0.25) is 12.1 Å². The van der Waals surface area contributed by atoms with Crippen molar-refractivity contribution in [3.05, 3.63) is 108 Å². The van der Waals surface area contributed by atoms with E-state index in [1.54, 1.807) is 29.8 Å². The fourth-order valence-corrected chi connectivity index (χ4v) is 10.1. The highest BCUT2D eigenvalue weighted by Crippen LogP contribution is 2.62. The van der Waals surface area contributed by atoms with E-state index in [1.807, 2.05) is 73.0 Å². The van der Waals surface area contributed by atoms with Gasteiger partial charge in [0.25, 0.3) is 0 Å². The summed E-state index contributed by atoms with van der Waals surface area (Å²) in [5.74, 6) is 0.114. The third-order valence-electron chi connectivity index (χ3n) is 12.7. The Morgan fingerprint density at radius 2 is 1.76 bits per heavy atom. The summed E-state index contributed by atoms with van der Waals surface area (Å²) < 4.78 is 38.5. The minimum absolute atomic E-state index is 0.0540. The molecule has 63 heavy (non-hydrogen) atoms.